The molecule has 0 aliphatic carbocycles. The SMILES string of the molecule is Cc1cc(=O)oc2cc(OCC(=O)OCC(=O)Nc3cc(Cl)cc(Cl)c3)ccc12. The van der Waals surface area contributed by atoms with E-state index in [1.165, 1.54) is 30.3 Å². The van der Waals surface area contributed by atoms with Gasteiger partial charge in [0.15, 0.2) is 13.2 Å². The number of esters is 1. The average molecular weight is 436 g/mol. The molecule has 7 nitrogen and oxygen atoms in total. The Bertz CT molecular complexity index is 1120. The maximum absolute atomic E-state index is 11.9. The molecule has 1 heterocycles. The fraction of sp³-hybridized carbons (Fsp3) is 0.150. The lowest BCUT2D eigenvalue weighted by molar-refractivity contribution is -0.149. The summed E-state index contributed by atoms with van der Waals surface area (Å²) in [6, 6.07) is 10.8. The van der Waals surface area contributed by atoms with Gasteiger partial charge < -0.3 is 19.2 Å². The molecule has 150 valence electrons. The van der Waals surface area contributed by atoms with Crippen LogP contribution in [0.2, 0.25) is 10.0 Å². The van der Waals surface area contributed by atoms with Gasteiger partial charge in [-0.15, -0.1) is 0 Å². The Morgan fingerprint density at radius 3 is 2.48 bits per heavy atom. The van der Waals surface area contributed by atoms with Gasteiger partial charge in [0.25, 0.3) is 5.91 Å². The molecule has 3 rings (SSSR count). The van der Waals surface area contributed by atoms with Gasteiger partial charge in [-0.3, -0.25) is 4.79 Å². The van der Waals surface area contributed by atoms with E-state index < -0.39 is 30.7 Å². The highest BCUT2D eigenvalue weighted by atomic mass is 35.5. The number of ether oxygens (including phenoxy) is 2. The first-order chi connectivity index (χ1) is 13.8. The van der Waals surface area contributed by atoms with Gasteiger partial charge in [-0.1, -0.05) is 23.2 Å². The topological polar surface area (TPSA) is 94.8 Å². The van der Waals surface area contributed by atoms with Crippen LogP contribution in [0.4, 0.5) is 5.69 Å². The van der Waals surface area contributed by atoms with E-state index in [0.717, 1.165) is 10.9 Å². The summed E-state index contributed by atoms with van der Waals surface area (Å²) in [5.74, 6) is -0.976. The Hall–Kier alpha value is -3.03. The van der Waals surface area contributed by atoms with E-state index >= 15 is 0 Å². The molecule has 0 saturated carbocycles. The van der Waals surface area contributed by atoms with Crippen LogP contribution in [0.15, 0.2) is 51.7 Å². The van der Waals surface area contributed by atoms with Crippen molar-refractivity contribution in [3.63, 3.8) is 0 Å². The van der Waals surface area contributed by atoms with Crippen molar-refractivity contribution in [1.29, 1.82) is 0 Å². The molecular formula is C20H15Cl2NO6. The van der Waals surface area contributed by atoms with Crippen molar-refractivity contribution < 1.29 is 23.5 Å². The van der Waals surface area contributed by atoms with E-state index in [1.807, 2.05) is 0 Å². The quantitative estimate of drug-likeness (QED) is 0.464. The van der Waals surface area contributed by atoms with Crippen molar-refractivity contribution >= 4 is 51.7 Å². The smallest absolute Gasteiger partial charge is 0.344 e. The predicted octanol–water partition coefficient (Wildman–Crippen LogP) is 3.97. The summed E-state index contributed by atoms with van der Waals surface area (Å²) in [7, 11) is 0. The third kappa shape index (κ3) is 5.73. The summed E-state index contributed by atoms with van der Waals surface area (Å²) in [5, 5.41) is 4.00. The highest BCUT2D eigenvalue weighted by Gasteiger charge is 2.11. The van der Waals surface area contributed by atoms with Crippen LogP contribution in [-0.2, 0) is 14.3 Å². The molecule has 0 atom stereocenters. The lowest BCUT2D eigenvalue weighted by atomic mass is 10.1. The van der Waals surface area contributed by atoms with Gasteiger partial charge in [0.05, 0.1) is 0 Å². The monoisotopic (exact) mass is 435 g/mol. The van der Waals surface area contributed by atoms with Crippen molar-refractivity contribution in [2.75, 3.05) is 18.5 Å². The van der Waals surface area contributed by atoms with Crippen molar-refractivity contribution in [3.05, 3.63) is 68.5 Å². The number of hydrogen-bond acceptors (Lipinski definition) is 6. The Kier molecular flexibility index (Phi) is 6.41. The molecule has 0 aliphatic heterocycles. The van der Waals surface area contributed by atoms with E-state index in [0.29, 0.717) is 27.1 Å². The molecule has 0 spiro atoms. The number of benzene rings is 2. The van der Waals surface area contributed by atoms with Crippen LogP contribution >= 0.6 is 23.2 Å². The van der Waals surface area contributed by atoms with Crippen LogP contribution in [-0.4, -0.2) is 25.1 Å². The van der Waals surface area contributed by atoms with Gasteiger partial charge in [-0.25, -0.2) is 9.59 Å². The number of carbonyl (C=O) groups is 2. The lowest BCUT2D eigenvalue weighted by Gasteiger charge is -2.09. The number of rotatable bonds is 6. The normalized spacial score (nSPS) is 10.6. The molecule has 29 heavy (non-hydrogen) atoms. The first kappa shape index (κ1) is 20.7. The summed E-state index contributed by atoms with van der Waals surface area (Å²) in [4.78, 5) is 35.1. The van der Waals surface area contributed by atoms with Crippen LogP contribution in [0.1, 0.15) is 5.56 Å². The largest absolute Gasteiger partial charge is 0.482 e. The number of fused-ring (bicyclic) bond motifs is 1. The molecule has 0 saturated heterocycles. The van der Waals surface area contributed by atoms with Gasteiger partial charge in [-0.2, -0.15) is 0 Å². The first-order valence-corrected chi connectivity index (χ1v) is 9.14. The molecule has 0 fully saturated rings. The Morgan fingerprint density at radius 2 is 1.76 bits per heavy atom. The number of halogens is 2. The molecule has 1 amide bonds. The lowest BCUT2D eigenvalue weighted by Crippen LogP contribution is -2.23. The van der Waals surface area contributed by atoms with Gasteiger partial charge in [0.1, 0.15) is 11.3 Å². The number of nitrogens with one attached hydrogen (secondary N) is 1. The molecule has 1 aromatic heterocycles. The molecular weight excluding hydrogens is 421 g/mol. The molecule has 2 aromatic carbocycles. The van der Waals surface area contributed by atoms with E-state index in [9.17, 15) is 14.4 Å². The summed E-state index contributed by atoms with van der Waals surface area (Å²) in [5.41, 5.74) is 1.03. The predicted molar refractivity (Wildman–Crippen MR) is 109 cm³/mol. The third-order valence-corrected chi connectivity index (χ3v) is 4.23. The molecule has 1 N–H and O–H groups in total. The third-order valence-electron chi connectivity index (χ3n) is 3.79. The summed E-state index contributed by atoms with van der Waals surface area (Å²) >= 11 is 11.7. The second kappa shape index (κ2) is 8.98. The van der Waals surface area contributed by atoms with Crippen molar-refractivity contribution in [1.82, 2.24) is 0 Å². The van der Waals surface area contributed by atoms with E-state index in [2.05, 4.69) is 5.32 Å². The van der Waals surface area contributed by atoms with E-state index in [1.54, 1.807) is 19.1 Å². The van der Waals surface area contributed by atoms with Crippen molar-refractivity contribution in [2.45, 2.75) is 6.92 Å². The van der Waals surface area contributed by atoms with Crippen molar-refractivity contribution in [2.24, 2.45) is 0 Å². The fourth-order valence-electron chi connectivity index (χ4n) is 2.55. The number of hydrogen-bond donors (Lipinski definition) is 1. The minimum Gasteiger partial charge on any atom is -0.482 e. The fourth-order valence-corrected chi connectivity index (χ4v) is 3.07. The number of amides is 1. The summed E-state index contributed by atoms with van der Waals surface area (Å²) < 4.78 is 15.3. The summed E-state index contributed by atoms with van der Waals surface area (Å²) in [6.45, 7) is 0.871. The average Bonchev–Trinajstić information content (AvgIpc) is 2.63. The molecule has 3 aromatic rings. The zero-order valence-electron chi connectivity index (χ0n) is 15.2. The second-order valence-electron chi connectivity index (χ2n) is 6.06. The highest BCUT2D eigenvalue weighted by Crippen LogP contribution is 2.23. The Balaban J connectivity index is 1.51. The molecule has 0 aliphatic rings. The Labute approximate surface area is 175 Å². The highest BCUT2D eigenvalue weighted by molar-refractivity contribution is 6.35. The number of carbonyl (C=O) groups excluding carboxylic acids is 2. The van der Waals surface area contributed by atoms with Gasteiger partial charge in [0.2, 0.25) is 0 Å². The maximum atomic E-state index is 11.9. The molecule has 0 unspecified atom stereocenters. The van der Waals surface area contributed by atoms with Crippen LogP contribution in [0, 0.1) is 6.92 Å². The minimum atomic E-state index is -0.741. The molecule has 0 bridgehead atoms. The maximum Gasteiger partial charge on any atom is 0.344 e. The van der Waals surface area contributed by atoms with E-state index in [4.69, 9.17) is 37.1 Å². The first-order valence-electron chi connectivity index (χ1n) is 8.39. The van der Waals surface area contributed by atoms with Crippen LogP contribution < -0.4 is 15.7 Å². The molecule has 0 radical (unpaired) electrons. The molecule has 9 heteroatoms. The Morgan fingerprint density at radius 1 is 1.03 bits per heavy atom. The zero-order chi connectivity index (χ0) is 21.0. The van der Waals surface area contributed by atoms with Gasteiger partial charge in [-0.05, 0) is 42.8 Å². The van der Waals surface area contributed by atoms with Crippen LogP contribution in [0.25, 0.3) is 11.0 Å². The van der Waals surface area contributed by atoms with Gasteiger partial charge >= 0.3 is 11.6 Å². The van der Waals surface area contributed by atoms with Crippen LogP contribution in [0.5, 0.6) is 5.75 Å². The van der Waals surface area contributed by atoms with E-state index in [-0.39, 0.29) is 0 Å². The standard InChI is InChI=1S/C20H15Cl2NO6/c1-11-4-19(25)29-17-8-15(2-3-16(11)17)27-10-20(26)28-9-18(24)23-14-6-12(21)5-13(22)7-14/h2-8H,9-10H2,1H3,(H,23,24). The number of anilines is 1. The zero-order valence-corrected chi connectivity index (χ0v) is 16.7. The minimum absolute atomic E-state index is 0.321. The summed E-state index contributed by atoms with van der Waals surface area (Å²) in [6.07, 6.45) is 0. The number of aryl methyl sites for hydroxylation is 1. The van der Waals surface area contributed by atoms with Gasteiger partial charge in [0, 0.05) is 33.3 Å². The van der Waals surface area contributed by atoms with Crippen molar-refractivity contribution in [3.8, 4) is 5.75 Å². The second-order valence-corrected chi connectivity index (χ2v) is 6.93. The van der Waals surface area contributed by atoms with Crippen LogP contribution in [0.3, 0.4) is 0 Å².